The van der Waals surface area contributed by atoms with Gasteiger partial charge in [-0.25, -0.2) is 0 Å². The van der Waals surface area contributed by atoms with Crippen LogP contribution in [0.2, 0.25) is 0 Å². The molecule has 0 radical (unpaired) electrons. The molecule has 1 N–H and O–H groups in total. The molecule has 0 amide bonds. The maximum Gasteiger partial charge on any atom is 0.0587 e. The van der Waals surface area contributed by atoms with E-state index in [4.69, 9.17) is 4.74 Å². The van der Waals surface area contributed by atoms with Gasteiger partial charge in [-0.15, -0.1) is 0 Å². The first-order valence-corrected chi connectivity index (χ1v) is 8.14. The number of hydrogen-bond donors (Lipinski definition) is 1. The van der Waals surface area contributed by atoms with Gasteiger partial charge in [-0.1, -0.05) is 26.0 Å². The van der Waals surface area contributed by atoms with Gasteiger partial charge in [0.1, 0.15) is 0 Å². The van der Waals surface area contributed by atoms with Gasteiger partial charge in [0.25, 0.3) is 0 Å². The molecule has 1 saturated heterocycles. The van der Waals surface area contributed by atoms with Crippen molar-refractivity contribution in [3.05, 3.63) is 29.3 Å². The number of anilines is 1. The first-order valence-electron chi connectivity index (χ1n) is 8.14. The molecule has 0 spiro atoms. The maximum absolute atomic E-state index is 5.05. The highest BCUT2D eigenvalue weighted by atomic mass is 16.5. The average molecular weight is 290 g/mol. The van der Waals surface area contributed by atoms with Gasteiger partial charge in [-0.3, -0.25) is 0 Å². The summed E-state index contributed by atoms with van der Waals surface area (Å²) in [5, 5.41) is 3.40. The molecule has 1 aliphatic heterocycles. The van der Waals surface area contributed by atoms with E-state index in [-0.39, 0.29) is 0 Å². The number of piperidine rings is 1. The molecular formula is C18H30N2O. The van der Waals surface area contributed by atoms with Crippen LogP contribution >= 0.6 is 0 Å². The lowest BCUT2D eigenvalue weighted by molar-refractivity contribution is 0.199. The van der Waals surface area contributed by atoms with Crippen molar-refractivity contribution in [2.24, 2.45) is 11.8 Å². The Morgan fingerprint density at radius 2 is 1.95 bits per heavy atom. The fraction of sp³-hybridized carbons (Fsp3) is 0.667. The minimum atomic E-state index is 0.765. The van der Waals surface area contributed by atoms with E-state index in [0.29, 0.717) is 0 Å². The maximum atomic E-state index is 5.05. The van der Waals surface area contributed by atoms with Crippen LogP contribution in [0.4, 0.5) is 5.69 Å². The minimum absolute atomic E-state index is 0.765. The molecule has 1 aliphatic rings. The van der Waals surface area contributed by atoms with Crippen molar-refractivity contribution in [1.82, 2.24) is 5.32 Å². The highest BCUT2D eigenvalue weighted by molar-refractivity contribution is 5.55. The Morgan fingerprint density at radius 1 is 1.24 bits per heavy atom. The SMILES string of the molecule is COCCNCc1ccc(N2CC(C)CC(C)C2)c(C)c1. The quantitative estimate of drug-likeness (QED) is 0.814. The summed E-state index contributed by atoms with van der Waals surface area (Å²) in [6.45, 7) is 11.9. The average Bonchev–Trinajstić information content (AvgIpc) is 2.42. The summed E-state index contributed by atoms with van der Waals surface area (Å²) in [5.41, 5.74) is 4.15. The monoisotopic (exact) mass is 290 g/mol. The number of methoxy groups -OCH3 is 1. The van der Waals surface area contributed by atoms with Crippen molar-refractivity contribution >= 4 is 5.69 Å². The van der Waals surface area contributed by atoms with E-state index < -0.39 is 0 Å². The Morgan fingerprint density at radius 3 is 2.57 bits per heavy atom. The molecule has 0 aromatic heterocycles. The van der Waals surface area contributed by atoms with E-state index in [1.807, 2.05) is 0 Å². The highest BCUT2D eigenvalue weighted by Gasteiger charge is 2.22. The molecule has 2 atom stereocenters. The molecule has 0 aliphatic carbocycles. The van der Waals surface area contributed by atoms with Crippen LogP contribution in [0, 0.1) is 18.8 Å². The Hall–Kier alpha value is -1.06. The Kier molecular flexibility index (Phi) is 6.07. The zero-order chi connectivity index (χ0) is 15.2. The van der Waals surface area contributed by atoms with Gasteiger partial charge in [-0.2, -0.15) is 0 Å². The normalized spacial score (nSPS) is 22.6. The summed E-state index contributed by atoms with van der Waals surface area (Å²) in [6.07, 6.45) is 1.36. The van der Waals surface area contributed by atoms with Crippen molar-refractivity contribution in [3.63, 3.8) is 0 Å². The molecule has 118 valence electrons. The molecule has 1 aromatic rings. The summed E-state index contributed by atoms with van der Waals surface area (Å²) in [6, 6.07) is 6.87. The zero-order valence-corrected chi connectivity index (χ0v) is 14.0. The lowest BCUT2D eigenvalue weighted by Gasteiger charge is -2.37. The number of benzene rings is 1. The number of nitrogens with one attached hydrogen (secondary N) is 1. The van der Waals surface area contributed by atoms with Gasteiger partial charge in [0, 0.05) is 39.0 Å². The smallest absolute Gasteiger partial charge is 0.0587 e. The van der Waals surface area contributed by atoms with E-state index in [1.165, 1.54) is 36.3 Å². The van der Waals surface area contributed by atoms with Crippen LogP contribution in [-0.4, -0.2) is 33.4 Å². The Bertz CT molecular complexity index is 437. The molecule has 3 heteroatoms. The minimum Gasteiger partial charge on any atom is -0.383 e. The van der Waals surface area contributed by atoms with E-state index in [0.717, 1.165) is 31.5 Å². The van der Waals surface area contributed by atoms with Crippen LogP contribution in [0.3, 0.4) is 0 Å². The fourth-order valence-corrected chi connectivity index (χ4v) is 3.45. The van der Waals surface area contributed by atoms with Gasteiger partial charge in [-0.05, 0) is 42.4 Å². The van der Waals surface area contributed by atoms with Gasteiger partial charge >= 0.3 is 0 Å². The second kappa shape index (κ2) is 7.81. The zero-order valence-electron chi connectivity index (χ0n) is 14.0. The molecule has 3 nitrogen and oxygen atoms in total. The molecule has 1 aromatic carbocycles. The molecule has 21 heavy (non-hydrogen) atoms. The van der Waals surface area contributed by atoms with Crippen molar-refractivity contribution in [2.75, 3.05) is 38.3 Å². The van der Waals surface area contributed by atoms with Crippen molar-refractivity contribution in [3.8, 4) is 0 Å². The van der Waals surface area contributed by atoms with Crippen LogP contribution in [0.1, 0.15) is 31.4 Å². The lowest BCUT2D eigenvalue weighted by atomic mass is 9.91. The third-order valence-corrected chi connectivity index (χ3v) is 4.28. The number of aryl methyl sites for hydroxylation is 1. The number of rotatable bonds is 6. The topological polar surface area (TPSA) is 24.5 Å². The molecule has 0 bridgehead atoms. The molecular weight excluding hydrogens is 260 g/mol. The highest BCUT2D eigenvalue weighted by Crippen LogP contribution is 2.29. The molecule has 1 heterocycles. The standard InChI is InChI=1S/C18H30N2O/c1-14-9-15(2)13-20(12-14)18-6-5-17(10-16(18)3)11-19-7-8-21-4/h5-6,10,14-15,19H,7-9,11-13H2,1-4H3. The van der Waals surface area contributed by atoms with Crippen LogP contribution in [0.15, 0.2) is 18.2 Å². The van der Waals surface area contributed by atoms with E-state index in [2.05, 4.69) is 49.2 Å². The molecule has 0 saturated carbocycles. The number of ether oxygens (including phenoxy) is 1. The second-order valence-corrected chi connectivity index (χ2v) is 6.64. The predicted octanol–water partition coefficient (Wildman–Crippen LogP) is 3.21. The summed E-state index contributed by atoms with van der Waals surface area (Å²) in [7, 11) is 1.74. The van der Waals surface area contributed by atoms with E-state index in [9.17, 15) is 0 Å². The first-order chi connectivity index (χ1) is 10.1. The van der Waals surface area contributed by atoms with Crippen molar-refractivity contribution < 1.29 is 4.74 Å². The van der Waals surface area contributed by atoms with Crippen LogP contribution in [0.25, 0.3) is 0 Å². The van der Waals surface area contributed by atoms with Crippen LogP contribution in [0.5, 0.6) is 0 Å². The Labute approximate surface area is 129 Å². The van der Waals surface area contributed by atoms with Crippen LogP contribution < -0.4 is 10.2 Å². The van der Waals surface area contributed by atoms with Gasteiger partial charge in [0.2, 0.25) is 0 Å². The third-order valence-electron chi connectivity index (χ3n) is 4.28. The summed E-state index contributed by atoms with van der Waals surface area (Å²) in [5.74, 6) is 1.59. The summed E-state index contributed by atoms with van der Waals surface area (Å²) < 4.78 is 5.05. The fourth-order valence-electron chi connectivity index (χ4n) is 3.45. The number of hydrogen-bond acceptors (Lipinski definition) is 3. The molecule has 2 unspecified atom stereocenters. The summed E-state index contributed by atoms with van der Waals surface area (Å²) >= 11 is 0. The Balaban J connectivity index is 1.98. The van der Waals surface area contributed by atoms with Gasteiger partial charge < -0.3 is 15.0 Å². The lowest BCUT2D eigenvalue weighted by Crippen LogP contribution is -2.39. The van der Waals surface area contributed by atoms with Gasteiger partial charge in [0.15, 0.2) is 0 Å². The first kappa shape index (κ1) is 16.3. The number of nitrogens with zero attached hydrogens (tertiary/aromatic N) is 1. The van der Waals surface area contributed by atoms with E-state index in [1.54, 1.807) is 7.11 Å². The molecule has 1 fully saturated rings. The van der Waals surface area contributed by atoms with Crippen molar-refractivity contribution in [2.45, 2.75) is 33.7 Å². The predicted molar refractivity (Wildman–Crippen MR) is 89.9 cm³/mol. The van der Waals surface area contributed by atoms with Crippen molar-refractivity contribution in [1.29, 1.82) is 0 Å². The van der Waals surface area contributed by atoms with Crippen LogP contribution in [-0.2, 0) is 11.3 Å². The van der Waals surface area contributed by atoms with E-state index >= 15 is 0 Å². The molecule has 2 rings (SSSR count). The third kappa shape index (κ3) is 4.72. The summed E-state index contributed by atoms with van der Waals surface area (Å²) in [4.78, 5) is 2.57. The van der Waals surface area contributed by atoms with Gasteiger partial charge in [0.05, 0.1) is 6.61 Å². The largest absolute Gasteiger partial charge is 0.383 e. The second-order valence-electron chi connectivity index (χ2n) is 6.64.